The Balaban J connectivity index is 3.82. The first-order valence-corrected chi connectivity index (χ1v) is 20.9. The summed E-state index contributed by atoms with van der Waals surface area (Å²) in [4.78, 5) is 26.5. The average molecular weight is 688 g/mol. The predicted molar refractivity (Wildman–Crippen MR) is 210 cm³/mol. The number of nitrogens with zero attached hydrogens (tertiary/aromatic N) is 1. The smallest absolute Gasteiger partial charge is 0.306 e. The van der Waals surface area contributed by atoms with Gasteiger partial charge in [0.1, 0.15) is 0 Å². The Morgan fingerprint density at radius 3 is 1.53 bits per heavy atom. The van der Waals surface area contributed by atoms with Gasteiger partial charge in [0.05, 0.1) is 19.6 Å². The molecule has 5 heteroatoms. The van der Waals surface area contributed by atoms with Gasteiger partial charge in [0.2, 0.25) is 0 Å². The summed E-state index contributed by atoms with van der Waals surface area (Å²) >= 11 is 0. The van der Waals surface area contributed by atoms with Gasteiger partial charge in [-0.2, -0.15) is 0 Å². The van der Waals surface area contributed by atoms with E-state index in [1.807, 2.05) is 6.08 Å². The Morgan fingerprint density at radius 2 is 1.06 bits per heavy atom. The summed E-state index contributed by atoms with van der Waals surface area (Å²) in [5, 5.41) is 0. The first kappa shape index (κ1) is 47.2. The van der Waals surface area contributed by atoms with Gasteiger partial charge in [0, 0.05) is 6.42 Å². The number of hydrogen-bond donors (Lipinski definition) is 0. The Kier molecular flexibility index (Phi) is 34.7. The SMILES string of the molecule is C=C=C=CC(CCCC)CC(=O)OCCCCCCCCCCC(CCCCCCCCCCOC(=O)CC(C)CCCC)CCN(C)C. The quantitative estimate of drug-likeness (QED) is 0.0373. The van der Waals surface area contributed by atoms with E-state index in [0.29, 0.717) is 32.0 Å². The lowest BCUT2D eigenvalue weighted by atomic mass is 9.91. The normalized spacial score (nSPS) is 13.0. The van der Waals surface area contributed by atoms with Crippen LogP contribution in [0.2, 0.25) is 0 Å². The minimum Gasteiger partial charge on any atom is -0.466 e. The maximum Gasteiger partial charge on any atom is 0.306 e. The highest BCUT2D eigenvalue weighted by atomic mass is 16.5. The second-order valence-electron chi connectivity index (χ2n) is 15.2. The van der Waals surface area contributed by atoms with Gasteiger partial charge >= 0.3 is 11.9 Å². The monoisotopic (exact) mass is 688 g/mol. The molecular weight excluding hydrogens is 606 g/mol. The van der Waals surface area contributed by atoms with E-state index < -0.39 is 0 Å². The van der Waals surface area contributed by atoms with E-state index in [0.717, 1.165) is 50.9 Å². The van der Waals surface area contributed by atoms with Crippen molar-refractivity contribution in [2.75, 3.05) is 33.9 Å². The maximum atomic E-state index is 12.2. The van der Waals surface area contributed by atoms with Crippen LogP contribution in [0.25, 0.3) is 0 Å². The van der Waals surface area contributed by atoms with Crippen molar-refractivity contribution in [3.05, 3.63) is 24.1 Å². The maximum absolute atomic E-state index is 12.2. The van der Waals surface area contributed by atoms with Crippen molar-refractivity contribution in [3.63, 3.8) is 0 Å². The number of ether oxygens (including phenoxy) is 2. The molecule has 0 saturated heterocycles. The fourth-order valence-corrected chi connectivity index (χ4v) is 6.60. The highest BCUT2D eigenvalue weighted by molar-refractivity contribution is 5.70. The summed E-state index contributed by atoms with van der Waals surface area (Å²) in [6.45, 7) is 12.4. The number of carbonyl (C=O) groups is 2. The van der Waals surface area contributed by atoms with Crippen molar-refractivity contribution in [1.29, 1.82) is 0 Å². The van der Waals surface area contributed by atoms with Crippen LogP contribution in [0.5, 0.6) is 0 Å². The largest absolute Gasteiger partial charge is 0.466 e. The molecule has 0 amide bonds. The molecule has 0 rings (SSSR count). The van der Waals surface area contributed by atoms with Gasteiger partial charge in [-0.15, -0.1) is 0 Å². The third-order valence-corrected chi connectivity index (χ3v) is 9.87. The van der Waals surface area contributed by atoms with E-state index in [2.05, 4.69) is 57.8 Å². The number of hydrogen-bond acceptors (Lipinski definition) is 5. The fourth-order valence-electron chi connectivity index (χ4n) is 6.60. The van der Waals surface area contributed by atoms with Crippen molar-refractivity contribution in [2.24, 2.45) is 17.8 Å². The fraction of sp³-hybridized carbons (Fsp3) is 0.864. The number of allylic oxidation sites excluding steroid dienone is 1. The molecular formula is C44H81NO4. The van der Waals surface area contributed by atoms with E-state index in [1.54, 1.807) is 0 Å². The molecule has 49 heavy (non-hydrogen) atoms. The van der Waals surface area contributed by atoms with Crippen molar-refractivity contribution < 1.29 is 19.1 Å². The minimum absolute atomic E-state index is 0.00837. The summed E-state index contributed by atoms with van der Waals surface area (Å²) in [6.07, 6.45) is 34.1. The molecule has 0 radical (unpaired) electrons. The molecule has 0 saturated carbocycles. The zero-order valence-electron chi connectivity index (χ0n) is 33.3. The predicted octanol–water partition coefficient (Wildman–Crippen LogP) is 12.6. The third-order valence-electron chi connectivity index (χ3n) is 9.87. The van der Waals surface area contributed by atoms with Crippen LogP contribution < -0.4 is 0 Å². The molecule has 0 aromatic rings. The van der Waals surface area contributed by atoms with Crippen LogP contribution in [0, 0.1) is 17.8 Å². The second kappa shape index (κ2) is 36.0. The Bertz CT molecular complexity index is 842. The van der Waals surface area contributed by atoms with Gasteiger partial charge in [-0.3, -0.25) is 9.59 Å². The lowest BCUT2D eigenvalue weighted by Gasteiger charge is -2.19. The van der Waals surface area contributed by atoms with Gasteiger partial charge in [0.15, 0.2) is 0 Å². The molecule has 286 valence electrons. The Hall–Kier alpha value is -1.80. The first-order valence-electron chi connectivity index (χ1n) is 20.9. The minimum atomic E-state index is -0.0888. The van der Waals surface area contributed by atoms with E-state index in [4.69, 9.17) is 9.47 Å². The van der Waals surface area contributed by atoms with Crippen LogP contribution in [0.4, 0.5) is 0 Å². The van der Waals surface area contributed by atoms with Crippen molar-refractivity contribution in [1.82, 2.24) is 4.90 Å². The highest BCUT2D eigenvalue weighted by Crippen LogP contribution is 2.23. The Labute approximate surface area is 305 Å². The van der Waals surface area contributed by atoms with Crippen LogP contribution in [-0.4, -0.2) is 50.7 Å². The summed E-state index contributed by atoms with van der Waals surface area (Å²) < 4.78 is 10.9. The molecule has 0 N–H and O–H groups in total. The van der Waals surface area contributed by atoms with Crippen LogP contribution in [0.1, 0.15) is 194 Å². The molecule has 0 heterocycles. The lowest BCUT2D eigenvalue weighted by Crippen LogP contribution is -2.17. The molecule has 5 nitrogen and oxygen atoms in total. The van der Waals surface area contributed by atoms with Gasteiger partial charge in [-0.25, -0.2) is 0 Å². The van der Waals surface area contributed by atoms with Gasteiger partial charge in [-0.1, -0.05) is 167 Å². The zero-order valence-corrected chi connectivity index (χ0v) is 33.3. The third kappa shape index (κ3) is 34.4. The molecule has 0 aromatic heterocycles. The second-order valence-corrected chi connectivity index (χ2v) is 15.2. The average Bonchev–Trinajstić information content (AvgIpc) is 3.08. The number of unbranched alkanes of at least 4 members (excludes halogenated alkanes) is 16. The molecule has 0 spiro atoms. The lowest BCUT2D eigenvalue weighted by molar-refractivity contribution is -0.145. The molecule has 0 aliphatic heterocycles. The van der Waals surface area contributed by atoms with Crippen molar-refractivity contribution in [2.45, 2.75) is 194 Å². The first-order chi connectivity index (χ1) is 23.8. The summed E-state index contributed by atoms with van der Waals surface area (Å²) in [5.41, 5.74) is 5.57. The van der Waals surface area contributed by atoms with Crippen molar-refractivity contribution >= 4 is 11.9 Å². The van der Waals surface area contributed by atoms with Crippen LogP contribution in [0.15, 0.2) is 24.1 Å². The molecule has 0 aromatic carbocycles. The highest BCUT2D eigenvalue weighted by Gasteiger charge is 2.13. The van der Waals surface area contributed by atoms with Crippen LogP contribution >= 0.6 is 0 Å². The van der Waals surface area contributed by atoms with Gasteiger partial charge < -0.3 is 14.4 Å². The van der Waals surface area contributed by atoms with Crippen LogP contribution in [0.3, 0.4) is 0 Å². The molecule has 0 fully saturated rings. The standard InChI is InChI=1S/C44H81NO4/c1-7-10-29-40(4)38-43(46)48-36-27-23-19-15-13-17-21-25-32-41(34-35-45(5)6)33-26-22-18-14-16-20-24-28-37-49-44(47)39-42(30-11-8-2)31-12-9-3/h30,40-42H,2,7,9-10,12-29,31-39H2,1,3-6H3. The topological polar surface area (TPSA) is 55.8 Å². The summed E-state index contributed by atoms with van der Waals surface area (Å²) in [5.74, 6) is 1.41. The van der Waals surface area contributed by atoms with E-state index in [-0.39, 0.29) is 17.9 Å². The van der Waals surface area contributed by atoms with E-state index >= 15 is 0 Å². The van der Waals surface area contributed by atoms with E-state index in [9.17, 15) is 9.59 Å². The van der Waals surface area contributed by atoms with Crippen molar-refractivity contribution in [3.8, 4) is 0 Å². The number of carbonyl (C=O) groups excluding carboxylic acids is 2. The molecule has 3 atom stereocenters. The summed E-state index contributed by atoms with van der Waals surface area (Å²) in [6, 6.07) is 0. The zero-order chi connectivity index (χ0) is 36.2. The Morgan fingerprint density at radius 1 is 0.612 bits per heavy atom. The number of esters is 2. The molecule has 0 aliphatic carbocycles. The van der Waals surface area contributed by atoms with E-state index in [1.165, 1.54) is 122 Å². The molecule has 0 aliphatic rings. The summed E-state index contributed by atoms with van der Waals surface area (Å²) in [7, 11) is 4.40. The van der Waals surface area contributed by atoms with Gasteiger partial charge in [-0.05, 0) is 76.7 Å². The number of rotatable bonds is 36. The van der Waals surface area contributed by atoms with Crippen LogP contribution in [-0.2, 0) is 19.1 Å². The molecule has 3 unspecified atom stereocenters. The van der Waals surface area contributed by atoms with Gasteiger partial charge in [0.25, 0.3) is 0 Å². The molecule has 0 bridgehead atoms.